The number of likely N-dealkylation sites (N-methyl/N-ethyl adjacent to an activating group) is 1. The van der Waals surface area contributed by atoms with Gasteiger partial charge in [0.25, 0.3) is 0 Å². The van der Waals surface area contributed by atoms with Crippen LogP contribution in [0.25, 0.3) is 0 Å². The topological polar surface area (TPSA) is 29.5 Å². The van der Waals surface area contributed by atoms with Crippen molar-refractivity contribution in [2.24, 2.45) is 0 Å². The van der Waals surface area contributed by atoms with Crippen LogP contribution in [0.3, 0.4) is 0 Å². The Balaban J connectivity index is 2.48. The van der Waals surface area contributed by atoms with E-state index >= 15 is 0 Å². The fourth-order valence-corrected chi connectivity index (χ4v) is 1.84. The van der Waals surface area contributed by atoms with Crippen LogP contribution in [-0.2, 0) is 0 Å². The van der Waals surface area contributed by atoms with Crippen LogP contribution >= 0.6 is 0 Å². The summed E-state index contributed by atoms with van der Waals surface area (Å²) in [5.41, 5.74) is 0.719. The largest absolute Gasteiger partial charge is 0.497 e. The summed E-state index contributed by atoms with van der Waals surface area (Å²) in [6.07, 6.45) is 3.58. The quantitative estimate of drug-likeness (QED) is 0.524. The van der Waals surface area contributed by atoms with E-state index < -0.39 is 0 Å². The van der Waals surface area contributed by atoms with Crippen LogP contribution in [0.1, 0.15) is 36.5 Å². The molecule has 0 amide bonds. The summed E-state index contributed by atoms with van der Waals surface area (Å²) in [4.78, 5) is 14.1. The fraction of sp³-hybridized carbons (Fsp3) is 0.533. The maximum absolute atomic E-state index is 12.1. The van der Waals surface area contributed by atoms with E-state index in [9.17, 15) is 4.79 Å². The van der Waals surface area contributed by atoms with Crippen molar-refractivity contribution < 1.29 is 9.53 Å². The van der Waals surface area contributed by atoms with Gasteiger partial charge in [-0.2, -0.15) is 0 Å². The van der Waals surface area contributed by atoms with Gasteiger partial charge in [-0.3, -0.25) is 9.69 Å². The average molecular weight is 249 g/mol. The Labute approximate surface area is 110 Å². The lowest BCUT2D eigenvalue weighted by Crippen LogP contribution is -2.27. The van der Waals surface area contributed by atoms with Gasteiger partial charge in [-0.05, 0) is 32.1 Å². The fourth-order valence-electron chi connectivity index (χ4n) is 1.84. The molecule has 1 rings (SSSR count). The third-order valence-electron chi connectivity index (χ3n) is 2.95. The van der Waals surface area contributed by atoms with E-state index in [1.165, 1.54) is 12.8 Å². The highest BCUT2D eigenvalue weighted by molar-refractivity contribution is 5.97. The third-order valence-corrected chi connectivity index (χ3v) is 2.95. The second kappa shape index (κ2) is 7.88. The highest BCUT2D eigenvalue weighted by Gasteiger charge is 2.09. The van der Waals surface area contributed by atoms with Gasteiger partial charge >= 0.3 is 0 Å². The summed E-state index contributed by atoms with van der Waals surface area (Å²) in [6.45, 7) is 3.63. The molecular weight excluding hydrogens is 226 g/mol. The predicted molar refractivity (Wildman–Crippen MR) is 74.3 cm³/mol. The molecular formula is C15H23NO2. The summed E-state index contributed by atoms with van der Waals surface area (Å²) in [5.74, 6) is 0.877. The molecule has 0 unspecified atom stereocenters. The average Bonchev–Trinajstić information content (AvgIpc) is 2.39. The van der Waals surface area contributed by atoms with Crippen molar-refractivity contribution in [3.63, 3.8) is 0 Å². The van der Waals surface area contributed by atoms with E-state index in [0.29, 0.717) is 6.54 Å². The Bertz CT molecular complexity index is 377. The number of methoxy groups -OCH3 is 1. The summed E-state index contributed by atoms with van der Waals surface area (Å²) in [6, 6.07) is 7.33. The van der Waals surface area contributed by atoms with Crippen molar-refractivity contribution in [1.29, 1.82) is 0 Å². The van der Waals surface area contributed by atoms with E-state index in [0.717, 1.165) is 24.3 Å². The lowest BCUT2D eigenvalue weighted by Gasteiger charge is -2.15. The van der Waals surface area contributed by atoms with E-state index in [-0.39, 0.29) is 5.78 Å². The second-order valence-electron chi connectivity index (χ2n) is 4.60. The minimum Gasteiger partial charge on any atom is -0.497 e. The van der Waals surface area contributed by atoms with E-state index in [1.54, 1.807) is 13.2 Å². The first-order valence-corrected chi connectivity index (χ1v) is 6.53. The number of hydrogen-bond acceptors (Lipinski definition) is 3. The van der Waals surface area contributed by atoms with Gasteiger partial charge in [-0.1, -0.05) is 31.9 Å². The molecule has 0 aliphatic heterocycles. The van der Waals surface area contributed by atoms with Gasteiger partial charge in [0, 0.05) is 5.56 Å². The Kier molecular flexibility index (Phi) is 6.44. The Morgan fingerprint density at radius 1 is 1.33 bits per heavy atom. The molecule has 0 saturated carbocycles. The highest BCUT2D eigenvalue weighted by atomic mass is 16.5. The van der Waals surface area contributed by atoms with Gasteiger partial charge in [0.05, 0.1) is 13.7 Å². The summed E-state index contributed by atoms with van der Waals surface area (Å²) >= 11 is 0. The number of carbonyl (C=O) groups excluding carboxylic acids is 1. The van der Waals surface area contributed by atoms with E-state index in [1.807, 2.05) is 25.2 Å². The van der Waals surface area contributed by atoms with Gasteiger partial charge in [-0.15, -0.1) is 0 Å². The number of carbonyl (C=O) groups is 1. The zero-order chi connectivity index (χ0) is 13.4. The SMILES string of the molecule is CCCCCN(C)CC(=O)c1cccc(OC)c1. The van der Waals surface area contributed by atoms with Crippen molar-refractivity contribution >= 4 is 5.78 Å². The summed E-state index contributed by atoms with van der Waals surface area (Å²) < 4.78 is 5.12. The molecule has 0 aliphatic rings. The van der Waals surface area contributed by atoms with Crippen LogP contribution < -0.4 is 4.74 Å². The molecule has 0 aliphatic carbocycles. The molecule has 100 valence electrons. The third kappa shape index (κ3) is 4.88. The first kappa shape index (κ1) is 14.7. The molecule has 3 nitrogen and oxygen atoms in total. The molecule has 0 fully saturated rings. The van der Waals surface area contributed by atoms with Crippen molar-refractivity contribution in [3.05, 3.63) is 29.8 Å². The van der Waals surface area contributed by atoms with Crippen LogP contribution in [0.4, 0.5) is 0 Å². The molecule has 18 heavy (non-hydrogen) atoms. The molecule has 0 bridgehead atoms. The standard InChI is InChI=1S/C15H23NO2/c1-4-5-6-10-16(2)12-15(17)13-8-7-9-14(11-13)18-3/h7-9,11H,4-6,10,12H2,1-3H3. The van der Waals surface area contributed by atoms with Crippen LogP contribution in [0.2, 0.25) is 0 Å². The van der Waals surface area contributed by atoms with Crippen LogP contribution in [0, 0.1) is 0 Å². The lowest BCUT2D eigenvalue weighted by molar-refractivity contribution is 0.0945. The van der Waals surface area contributed by atoms with E-state index in [4.69, 9.17) is 4.74 Å². The molecule has 3 heteroatoms. The molecule has 0 saturated heterocycles. The minimum absolute atomic E-state index is 0.146. The number of benzene rings is 1. The van der Waals surface area contributed by atoms with Crippen molar-refractivity contribution in [2.75, 3.05) is 27.2 Å². The van der Waals surface area contributed by atoms with Gasteiger partial charge < -0.3 is 4.74 Å². The molecule has 1 aromatic carbocycles. The zero-order valence-electron chi connectivity index (χ0n) is 11.6. The molecule has 0 aromatic heterocycles. The summed E-state index contributed by atoms with van der Waals surface area (Å²) in [7, 11) is 3.61. The molecule has 0 heterocycles. The maximum Gasteiger partial charge on any atom is 0.176 e. The molecule has 1 aromatic rings. The Hall–Kier alpha value is -1.35. The number of ketones is 1. The maximum atomic E-state index is 12.1. The zero-order valence-corrected chi connectivity index (χ0v) is 11.6. The smallest absolute Gasteiger partial charge is 0.176 e. The number of Topliss-reactive ketones (excluding diaryl/α,β-unsaturated/α-hetero) is 1. The number of unbranched alkanes of at least 4 members (excludes halogenated alkanes) is 2. The molecule has 0 spiro atoms. The predicted octanol–water partition coefficient (Wildman–Crippen LogP) is 3.00. The van der Waals surface area contributed by atoms with Gasteiger partial charge in [0.15, 0.2) is 5.78 Å². The normalized spacial score (nSPS) is 10.7. The molecule has 0 atom stereocenters. The number of rotatable bonds is 8. The Morgan fingerprint density at radius 2 is 2.11 bits per heavy atom. The van der Waals surface area contributed by atoms with Gasteiger partial charge in [0.1, 0.15) is 5.75 Å². The first-order valence-electron chi connectivity index (χ1n) is 6.53. The second-order valence-corrected chi connectivity index (χ2v) is 4.60. The number of ether oxygens (including phenoxy) is 1. The minimum atomic E-state index is 0.146. The van der Waals surface area contributed by atoms with Gasteiger partial charge in [-0.25, -0.2) is 0 Å². The van der Waals surface area contributed by atoms with Crippen LogP contribution in [0.15, 0.2) is 24.3 Å². The first-order chi connectivity index (χ1) is 8.67. The monoisotopic (exact) mass is 249 g/mol. The Morgan fingerprint density at radius 3 is 2.78 bits per heavy atom. The molecule has 0 N–H and O–H groups in total. The van der Waals surface area contributed by atoms with Crippen LogP contribution in [-0.4, -0.2) is 37.9 Å². The van der Waals surface area contributed by atoms with Crippen molar-refractivity contribution in [2.45, 2.75) is 26.2 Å². The van der Waals surface area contributed by atoms with Gasteiger partial charge in [0.2, 0.25) is 0 Å². The summed E-state index contributed by atoms with van der Waals surface area (Å²) in [5, 5.41) is 0. The van der Waals surface area contributed by atoms with Crippen LogP contribution in [0.5, 0.6) is 5.75 Å². The van der Waals surface area contributed by atoms with Crippen molar-refractivity contribution in [1.82, 2.24) is 4.90 Å². The lowest BCUT2D eigenvalue weighted by atomic mass is 10.1. The number of nitrogens with zero attached hydrogens (tertiary/aromatic N) is 1. The highest BCUT2D eigenvalue weighted by Crippen LogP contribution is 2.13. The molecule has 0 radical (unpaired) electrons. The number of hydrogen-bond donors (Lipinski definition) is 0. The van der Waals surface area contributed by atoms with E-state index in [2.05, 4.69) is 11.8 Å². The van der Waals surface area contributed by atoms with Crippen molar-refractivity contribution in [3.8, 4) is 5.75 Å².